The number of ether oxygens (including phenoxy) is 1. The number of nitrogens with one attached hydrogen (secondary N) is 1. The second-order valence-corrected chi connectivity index (χ2v) is 5.53. The number of aromatic carboxylic acids is 1. The van der Waals surface area contributed by atoms with Crippen molar-refractivity contribution in [2.24, 2.45) is 0 Å². The van der Waals surface area contributed by atoms with E-state index in [1.54, 1.807) is 39.1 Å². The third kappa shape index (κ3) is 3.68. The fourth-order valence-electron chi connectivity index (χ4n) is 1.82. The molecule has 1 heterocycles. The molecule has 1 aromatic carbocycles. The van der Waals surface area contributed by atoms with Crippen molar-refractivity contribution in [2.45, 2.75) is 26.4 Å². The van der Waals surface area contributed by atoms with Crippen LogP contribution in [-0.2, 0) is 4.74 Å². The molecule has 0 aliphatic heterocycles. The molecule has 21 heavy (non-hydrogen) atoms. The van der Waals surface area contributed by atoms with E-state index in [4.69, 9.17) is 9.84 Å². The zero-order chi connectivity index (χ0) is 15.6. The van der Waals surface area contributed by atoms with E-state index in [9.17, 15) is 9.59 Å². The predicted molar refractivity (Wildman–Crippen MR) is 78.6 cm³/mol. The quantitative estimate of drug-likeness (QED) is 0.885. The van der Waals surface area contributed by atoms with Crippen molar-refractivity contribution in [3.05, 3.63) is 36.0 Å². The minimum atomic E-state index is -1.08. The summed E-state index contributed by atoms with van der Waals surface area (Å²) in [6.45, 7) is 5.24. The summed E-state index contributed by atoms with van der Waals surface area (Å²) in [5.41, 5.74) is 0.243. The molecule has 0 bridgehead atoms. The van der Waals surface area contributed by atoms with Gasteiger partial charge in [0, 0.05) is 11.6 Å². The molecule has 1 aromatic heterocycles. The number of carboxylic acids is 1. The molecule has 2 N–H and O–H groups in total. The second-order valence-electron chi connectivity index (χ2n) is 5.53. The summed E-state index contributed by atoms with van der Waals surface area (Å²) in [6, 6.07) is 6.30. The summed E-state index contributed by atoms with van der Waals surface area (Å²) in [5, 5.41) is 12.3. The van der Waals surface area contributed by atoms with Gasteiger partial charge in [-0.1, -0.05) is 6.07 Å². The molecule has 0 atom stereocenters. The average Bonchev–Trinajstić information content (AvgIpc) is 2.36. The zero-order valence-corrected chi connectivity index (χ0v) is 12.0. The summed E-state index contributed by atoms with van der Waals surface area (Å²) in [6.07, 6.45) is 0.917. The molecule has 6 heteroatoms. The first-order valence-corrected chi connectivity index (χ1v) is 6.38. The first kappa shape index (κ1) is 14.8. The fourth-order valence-corrected chi connectivity index (χ4v) is 1.82. The Morgan fingerprint density at radius 1 is 1.29 bits per heavy atom. The standard InChI is InChI=1S/C15H16N2O4/c1-15(2,3)21-14(20)17-11-8-10(13(18)19)7-9-5-4-6-16-12(9)11/h4-8H,1-3H3,(H,17,20)(H,18,19). The Hall–Kier alpha value is -2.63. The summed E-state index contributed by atoms with van der Waals surface area (Å²) < 4.78 is 5.17. The lowest BCUT2D eigenvalue weighted by Gasteiger charge is -2.20. The molecule has 2 rings (SSSR count). The highest BCUT2D eigenvalue weighted by Crippen LogP contribution is 2.24. The first-order chi connectivity index (χ1) is 9.76. The monoisotopic (exact) mass is 288 g/mol. The molecule has 0 aliphatic carbocycles. The fraction of sp³-hybridized carbons (Fsp3) is 0.267. The first-order valence-electron chi connectivity index (χ1n) is 6.38. The Bertz CT molecular complexity index is 704. The summed E-state index contributed by atoms with van der Waals surface area (Å²) in [4.78, 5) is 27.2. The van der Waals surface area contributed by atoms with Crippen LogP contribution in [0.3, 0.4) is 0 Å². The minimum absolute atomic E-state index is 0.0709. The summed E-state index contributed by atoms with van der Waals surface area (Å²) >= 11 is 0. The van der Waals surface area contributed by atoms with Crippen molar-refractivity contribution in [3.63, 3.8) is 0 Å². The highest BCUT2D eigenvalue weighted by molar-refractivity contribution is 6.03. The van der Waals surface area contributed by atoms with Crippen molar-refractivity contribution < 1.29 is 19.4 Å². The van der Waals surface area contributed by atoms with E-state index in [0.29, 0.717) is 16.6 Å². The third-order valence-electron chi connectivity index (χ3n) is 2.59. The van der Waals surface area contributed by atoms with Crippen LogP contribution in [-0.4, -0.2) is 27.8 Å². The van der Waals surface area contributed by atoms with E-state index in [-0.39, 0.29) is 5.56 Å². The van der Waals surface area contributed by atoms with Crippen LogP contribution in [0.5, 0.6) is 0 Å². The largest absolute Gasteiger partial charge is 0.478 e. The van der Waals surface area contributed by atoms with Crippen LogP contribution in [0.4, 0.5) is 10.5 Å². The number of carboxylic acid groups (broad SMARTS) is 1. The maximum absolute atomic E-state index is 11.8. The Kier molecular flexibility index (Phi) is 3.80. The van der Waals surface area contributed by atoms with Gasteiger partial charge in [-0.25, -0.2) is 9.59 Å². The number of carbonyl (C=O) groups excluding carboxylic acids is 1. The van der Waals surface area contributed by atoms with E-state index in [1.807, 2.05) is 0 Å². The lowest BCUT2D eigenvalue weighted by molar-refractivity contribution is 0.0633. The van der Waals surface area contributed by atoms with E-state index in [0.717, 1.165) is 0 Å². The van der Waals surface area contributed by atoms with Crippen LogP contribution in [0.15, 0.2) is 30.5 Å². The van der Waals surface area contributed by atoms with Gasteiger partial charge in [-0.3, -0.25) is 10.3 Å². The number of hydrogen-bond donors (Lipinski definition) is 2. The van der Waals surface area contributed by atoms with Crippen LogP contribution >= 0.6 is 0 Å². The molecule has 0 unspecified atom stereocenters. The molecular formula is C15H16N2O4. The number of aromatic nitrogens is 1. The van der Waals surface area contributed by atoms with E-state index >= 15 is 0 Å². The Morgan fingerprint density at radius 3 is 2.62 bits per heavy atom. The maximum Gasteiger partial charge on any atom is 0.412 e. The normalized spacial score (nSPS) is 11.2. The number of benzene rings is 1. The van der Waals surface area contributed by atoms with Gasteiger partial charge in [0.05, 0.1) is 16.8 Å². The molecule has 0 radical (unpaired) electrons. The van der Waals surface area contributed by atoms with Crippen LogP contribution in [0.2, 0.25) is 0 Å². The lowest BCUT2D eigenvalue weighted by atomic mass is 10.1. The molecule has 2 aromatic rings. The molecule has 0 aliphatic rings. The number of rotatable bonds is 2. The van der Waals surface area contributed by atoms with Crippen LogP contribution in [0.25, 0.3) is 10.9 Å². The van der Waals surface area contributed by atoms with Crippen molar-refractivity contribution in [3.8, 4) is 0 Å². The molecule has 6 nitrogen and oxygen atoms in total. The van der Waals surface area contributed by atoms with Crippen LogP contribution < -0.4 is 5.32 Å². The Morgan fingerprint density at radius 2 is 2.00 bits per heavy atom. The number of amides is 1. The van der Waals surface area contributed by atoms with Gasteiger partial charge in [-0.2, -0.15) is 0 Å². The number of nitrogens with zero attached hydrogens (tertiary/aromatic N) is 1. The van der Waals surface area contributed by atoms with Crippen LogP contribution in [0.1, 0.15) is 31.1 Å². The highest BCUT2D eigenvalue weighted by atomic mass is 16.6. The van der Waals surface area contributed by atoms with Gasteiger partial charge in [0.1, 0.15) is 5.60 Å². The number of fused-ring (bicyclic) bond motifs is 1. The zero-order valence-electron chi connectivity index (χ0n) is 12.0. The topological polar surface area (TPSA) is 88.5 Å². The number of hydrogen-bond acceptors (Lipinski definition) is 4. The van der Waals surface area contributed by atoms with Crippen molar-refractivity contribution in [1.82, 2.24) is 4.98 Å². The van der Waals surface area contributed by atoms with E-state index in [2.05, 4.69) is 10.3 Å². The maximum atomic E-state index is 11.8. The van der Waals surface area contributed by atoms with Gasteiger partial charge in [0.25, 0.3) is 0 Å². The van der Waals surface area contributed by atoms with Gasteiger partial charge in [0.15, 0.2) is 0 Å². The van der Waals surface area contributed by atoms with Gasteiger partial charge in [0.2, 0.25) is 0 Å². The molecule has 1 amide bonds. The highest BCUT2D eigenvalue weighted by Gasteiger charge is 2.18. The van der Waals surface area contributed by atoms with Gasteiger partial charge in [-0.15, -0.1) is 0 Å². The molecule has 0 spiro atoms. The summed E-state index contributed by atoms with van der Waals surface area (Å²) in [5.74, 6) is -1.08. The molecule has 0 fully saturated rings. The lowest BCUT2D eigenvalue weighted by Crippen LogP contribution is -2.27. The Balaban J connectivity index is 2.42. The molecule has 0 saturated heterocycles. The number of carbonyl (C=O) groups is 2. The van der Waals surface area contributed by atoms with Crippen molar-refractivity contribution in [2.75, 3.05) is 5.32 Å². The summed E-state index contributed by atoms with van der Waals surface area (Å²) in [7, 11) is 0. The third-order valence-corrected chi connectivity index (χ3v) is 2.59. The average molecular weight is 288 g/mol. The van der Waals surface area contributed by atoms with E-state index in [1.165, 1.54) is 12.1 Å². The smallest absolute Gasteiger partial charge is 0.412 e. The second kappa shape index (κ2) is 5.40. The van der Waals surface area contributed by atoms with Crippen LogP contribution in [0, 0.1) is 0 Å². The number of pyridine rings is 1. The van der Waals surface area contributed by atoms with Gasteiger partial charge >= 0.3 is 12.1 Å². The van der Waals surface area contributed by atoms with E-state index < -0.39 is 17.7 Å². The molecule has 110 valence electrons. The number of anilines is 1. The Labute approximate surface area is 121 Å². The minimum Gasteiger partial charge on any atom is -0.478 e. The van der Waals surface area contributed by atoms with Crippen molar-refractivity contribution in [1.29, 1.82) is 0 Å². The van der Waals surface area contributed by atoms with Gasteiger partial charge in [-0.05, 0) is 39.0 Å². The van der Waals surface area contributed by atoms with Gasteiger partial charge < -0.3 is 9.84 Å². The molecular weight excluding hydrogens is 272 g/mol. The SMILES string of the molecule is CC(C)(C)OC(=O)Nc1cc(C(=O)O)cc2cccnc12. The predicted octanol–water partition coefficient (Wildman–Crippen LogP) is 3.28. The molecule has 0 saturated carbocycles. The van der Waals surface area contributed by atoms with Crippen molar-refractivity contribution >= 4 is 28.7 Å².